The van der Waals surface area contributed by atoms with Gasteiger partial charge in [-0.15, -0.1) is 0 Å². The number of hydrogen-bond donors (Lipinski definition) is 0. The molecule has 1 saturated heterocycles. The molecule has 8 heteroatoms. The third kappa shape index (κ3) is 2.96. The van der Waals surface area contributed by atoms with Crippen molar-refractivity contribution in [3.05, 3.63) is 40.5 Å². The molecule has 116 valence electrons. The van der Waals surface area contributed by atoms with E-state index in [1.807, 2.05) is 4.90 Å². The summed E-state index contributed by atoms with van der Waals surface area (Å²) in [6.45, 7) is 2.17. The second-order valence-corrected chi connectivity index (χ2v) is 6.06. The number of halogens is 2. The van der Waals surface area contributed by atoms with Crippen molar-refractivity contribution in [1.82, 2.24) is 19.7 Å². The molecule has 3 heterocycles. The number of anilines is 1. The summed E-state index contributed by atoms with van der Waals surface area (Å²) < 4.78 is 16.1. The van der Waals surface area contributed by atoms with Gasteiger partial charge < -0.3 is 9.80 Å². The molecule has 0 aliphatic carbocycles. The average molecular weight is 368 g/mol. The molecule has 2 aromatic heterocycles. The van der Waals surface area contributed by atoms with Crippen molar-refractivity contribution in [1.29, 1.82) is 0 Å². The van der Waals surface area contributed by atoms with Crippen LogP contribution in [0.25, 0.3) is 0 Å². The molecule has 1 fully saturated rings. The summed E-state index contributed by atoms with van der Waals surface area (Å²) in [7, 11) is 1.77. The number of aryl methyl sites for hydroxylation is 1. The molecule has 0 unspecified atom stereocenters. The highest BCUT2D eigenvalue weighted by atomic mass is 79.9. The fourth-order valence-corrected chi connectivity index (χ4v) is 2.78. The number of carbonyl (C=O) groups is 1. The van der Waals surface area contributed by atoms with Gasteiger partial charge >= 0.3 is 0 Å². The highest BCUT2D eigenvalue weighted by molar-refractivity contribution is 9.10. The fraction of sp³-hybridized carbons (Fsp3) is 0.357. The summed E-state index contributed by atoms with van der Waals surface area (Å²) >= 11 is 3.19. The van der Waals surface area contributed by atoms with E-state index in [-0.39, 0.29) is 11.7 Å². The molecule has 22 heavy (non-hydrogen) atoms. The molecule has 1 amide bonds. The number of hydrogen-bond acceptors (Lipinski definition) is 4. The Morgan fingerprint density at radius 3 is 2.59 bits per heavy atom. The van der Waals surface area contributed by atoms with Crippen LogP contribution in [0.2, 0.25) is 0 Å². The minimum absolute atomic E-state index is 0.0445. The van der Waals surface area contributed by atoms with Crippen molar-refractivity contribution in [3.63, 3.8) is 0 Å². The highest BCUT2D eigenvalue weighted by Crippen LogP contribution is 2.21. The molecule has 2 aromatic rings. The van der Waals surface area contributed by atoms with Crippen LogP contribution < -0.4 is 4.90 Å². The maximum absolute atomic E-state index is 13.9. The van der Waals surface area contributed by atoms with Crippen LogP contribution in [-0.2, 0) is 7.05 Å². The number of nitrogens with zero attached hydrogens (tertiary/aromatic N) is 5. The van der Waals surface area contributed by atoms with E-state index in [4.69, 9.17) is 0 Å². The Kier molecular flexibility index (Phi) is 4.10. The summed E-state index contributed by atoms with van der Waals surface area (Å²) in [6.07, 6.45) is 4.83. The van der Waals surface area contributed by atoms with Crippen molar-refractivity contribution in [3.8, 4) is 0 Å². The van der Waals surface area contributed by atoms with E-state index >= 15 is 0 Å². The number of aromatic nitrogens is 3. The maximum atomic E-state index is 13.9. The molecule has 6 nitrogen and oxygen atoms in total. The topological polar surface area (TPSA) is 54.3 Å². The van der Waals surface area contributed by atoms with Gasteiger partial charge in [-0.05, 0) is 22.0 Å². The molecule has 3 rings (SSSR count). The van der Waals surface area contributed by atoms with Crippen molar-refractivity contribution < 1.29 is 9.18 Å². The second-order valence-electron chi connectivity index (χ2n) is 5.14. The van der Waals surface area contributed by atoms with Crippen LogP contribution in [0.15, 0.2) is 29.1 Å². The van der Waals surface area contributed by atoms with Gasteiger partial charge in [-0.2, -0.15) is 5.10 Å². The normalized spacial score (nSPS) is 15.2. The minimum Gasteiger partial charge on any atom is -0.351 e. The molecule has 0 bridgehead atoms. The first kappa shape index (κ1) is 15.0. The van der Waals surface area contributed by atoms with Crippen molar-refractivity contribution in [2.45, 2.75) is 0 Å². The lowest BCUT2D eigenvalue weighted by atomic mass is 10.2. The van der Waals surface area contributed by atoms with Crippen LogP contribution >= 0.6 is 15.9 Å². The van der Waals surface area contributed by atoms with Gasteiger partial charge in [-0.3, -0.25) is 9.48 Å². The predicted octanol–water partition coefficient (Wildman–Crippen LogP) is 1.68. The van der Waals surface area contributed by atoms with Gasteiger partial charge in [0.2, 0.25) is 0 Å². The van der Waals surface area contributed by atoms with E-state index in [1.54, 1.807) is 35.2 Å². The van der Waals surface area contributed by atoms with Gasteiger partial charge in [0.05, 0.1) is 11.8 Å². The first-order chi connectivity index (χ1) is 10.5. The first-order valence-corrected chi connectivity index (χ1v) is 7.68. The van der Waals surface area contributed by atoms with Crippen LogP contribution in [0, 0.1) is 5.82 Å². The zero-order valence-corrected chi connectivity index (χ0v) is 13.6. The molecule has 0 saturated carbocycles. The van der Waals surface area contributed by atoms with E-state index in [9.17, 15) is 9.18 Å². The maximum Gasteiger partial charge on any atom is 0.257 e. The molecule has 0 atom stereocenters. The molecule has 0 spiro atoms. The molecule has 0 radical (unpaired) electrons. The van der Waals surface area contributed by atoms with E-state index in [0.717, 1.165) is 0 Å². The third-order valence-electron chi connectivity index (χ3n) is 3.61. The fourth-order valence-electron chi connectivity index (χ4n) is 2.48. The van der Waals surface area contributed by atoms with Gasteiger partial charge in [0.15, 0.2) is 11.6 Å². The Labute approximate surface area is 135 Å². The molecule has 0 N–H and O–H groups in total. The van der Waals surface area contributed by atoms with Gasteiger partial charge in [0.25, 0.3) is 5.91 Å². The summed E-state index contributed by atoms with van der Waals surface area (Å²) in [5, 5.41) is 4.01. The quantitative estimate of drug-likeness (QED) is 0.810. The molecule has 1 aliphatic rings. The van der Waals surface area contributed by atoms with E-state index in [2.05, 4.69) is 26.0 Å². The van der Waals surface area contributed by atoms with Crippen LogP contribution in [-0.4, -0.2) is 51.8 Å². The zero-order valence-electron chi connectivity index (χ0n) is 12.0. The summed E-state index contributed by atoms with van der Waals surface area (Å²) in [6, 6.07) is 1.40. The molecular formula is C14H15BrFN5O. The predicted molar refractivity (Wildman–Crippen MR) is 83.2 cm³/mol. The molecular weight excluding hydrogens is 353 g/mol. The SMILES string of the molecule is Cn1cc(C(=O)N2CCN(c3ncc(Br)cc3F)CC2)cn1. The molecule has 1 aliphatic heterocycles. The summed E-state index contributed by atoms with van der Waals surface area (Å²) in [4.78, 5) is 20.1. The van der Waals surface area contributed by atoms with Crippen molar-refractivity contribution in [2.24, 2.45) is 7.05 Å². The summed E-state index contributed by atoms with van der Waals surface area (Å²) in [5.41, 5.74) is 0.573. The lowest BCUT2D eigenvalue weighted by molar-refractivity contribution is 0.0746. The Morgan fingerprint density at radius 1 is 1.27 bits per heavy atom. The minimum atomic E-state index is -0.360. The van der Waals surface area contributed by atoms with Crippen molar-refractivity contribution in [2.75, 3.05) is 31.1 Å². The molecule has 0 aromatic carbocycles. The highest BCUT2D eigenvalue weighted by Gasteiger charge is 2.25. The van der Waals surface area contributed by atoms with E-state index in [1.165, 1.54) is 6.07 Å². The Bertz CT molecular complexity index is 696. The first-order valence-electron chi connectivity index (χ1n) is 6.88. The second kappa shape index (κ2) is 6.04. The smallest absolute Gasteiger partial charge is 0.257 e. The standard InChI is InChI=1S/C14H15BrFN5O/c1-19-9-10(7-18-19)14(22)21-4-2-20(3-5-21)13-12(16)6-11(15)8-17-13/h6-9H,2-5H2,1H3. The van der Waals surface area contributed by atoms with Crippen LogP contribution in [0.5, 0.6) is 0 Å². The Hall–Kier alpha value is -1.96. The van der Waals surface area contributed by atoms with Crippen LogP contribution in [0.3, 0.4) is 0 Å². The van der Waals surface area contributed by atoms with Gasteiger partial charge in [-0.1, -0.05) is 0 Å². The third-order valence-corrected chi connectivity index (χ3v) is 4.04. The van der Waals surface area contributed by atoms with Gasteiger partial charge in [0, 0.05) is 50.1 Å². The Balaban J connectivity index is 1.66. The number of pyridine rings is 1. The van der Waals surface area contributed by atoms with Gasteiger partial charge in [-0.25, -0.2) is 9.37 Å². The Morgan fingerprint density at radius 2 is 2.00 bits per heavy atom. The number of piperazine rings is 1. The zero-order chi connectivity index (χ0) is 15.7. The lowest BCUT2D eigenvalue weighted by Gasteiger charge is -2.35. The largest absolute Gasteiger partial charge is 0.351 e. The number of rotatable bonds is 2. The monoisotopic (exact) mass is 367 g/mol. The summed E-state index contributed by atoms with van der Waals surface area (Å²) in [5.74, 6) is -0.0740. The lowest BCUT2D eigenvalue weighted by Crippen LogP contribution is -2.49. The van der Waals surface area contributed by atoms with Crippen molar-refractivity contribution >= 4 is 27.7 Å². The van der Waals surface area contributed by atoms with E-state index in [0.29, 0.717) is 42.0 Å². The van der Waals surface area contributed by atoms with Crippen LogP contribution in [0.1, 0.15) is 10.4 Å². The average Bonchev–Trinajstić information content (AvgIpc) is 2.93. The van der Waals surface area contributed by atoms with Crippen LogP contribution in [0.4, 0.5) is 10.2 Å². The van der Waals surface area contributed by atoms with Gasteiger partial charge in [0.1, 0.15) is 0 Å². The number of amides is 1. The van der Waals surface area contributed by atoms with E-state index < -0.39 is 0 Å². The number of carbonyl (C=O) groups excluding carboxylic acids is 1.